The van der Waals surface area contributed by atoms with E-state index in [4.69, 9.17) is 14.2 Å². The second-order valence-electron chi connectivity index (χ2n) is 7.25. The molecule has 1 aliphatic carbocycles. The lowest BCUT2D eigenvalue weighted by atomic mass is 9.83. The minimum absolute atomic E-state index is 0.0551. The van der Waals surface area contributed by atoms with Gasteiger partial charge in [-0.05, 0) is 43.9 Å². The number of aliphatic hydroxyl groups excluding tert-OH is 2. The SMILES string of the molecule is C=C1C(=O)O[C@@H]2/C=C(/CO)CC/C=C(/CO)C(OC(C)=O)[C@@H](OC(=O)/C(C)=C\C)[C@@H]12. The molecule has 2 N–H and O–H groups in total. The Hall–Kier alpha value is -2.71. The van der Waals surface area contributed by atoms with Gasteiger partial charge in [0.2, 0.25) is 0 Å². The first-order chi connectivity index (χ1) is 14.2. The van der Waals surface area contributed by atoms with Crippen LogP contribution in [0.1, 0.15) is 33.6 Å². The number of carbonyl (C=O) groups is 3. The lowest BCUT2D eigenvalue weighted by molar-refractivity contribution is -0.166. The topological polar surface area (TPSA) is 119 Å². The molecule has 1 unspecified atom stereocenters. The molecule has 0 aromatic rings. The number of rotatable bonds is 5. The average Bonchev–Trinajstić information content (AvgIpc) is 2.99. The van der Waals surface area contributed by atoms with Gasteiger partial charge in [-0.1, -0.05) is 18.7 Å². The summed E-state index contributed by atoms with van der Waals surface area (Å²) < 4.78 is 16.6. The van der Waals surface area contributed by atoms with E-state index in [2.05, 4.69) is 6.58 Å². The van der Waals surface area contributed by atoms with Crippen molar-refractivity contribution in [2.75, 3.05) is 13.2 Å². The van der Waals surface area contributed by atoms with E-state index in [0.29, 0.717) is 29.6 Å². The lowest BCUT2D eigenvalue weighted by Gasteiger charge is -2.33. The Bertz CT molecular complexity index is 804. The molecule has 2 aliphatic rings. The number of carbonyl (C=O) groups excluding carboxylic acids is 3. The normalized spacial score (nSPS) is 30.9. The molecule has 0 bridgehead atoms. The molecular formula is C22H28O8. The molecule has 164 valence electrons. The number of allylic oxidation sites excluding steroid dienone is 2. The van der Waals surface area contributed by atoms with Crippen LogP contribution in [-0.4, -0.2) is 59.6 Å². The van der Waals surface area contributed by atoms with Crippen molar-refractivity contribution in [3.63, 3.8) is 0 Å². The van der Waals surface area contributed by atoms with Crippen molar-refractivity contribution in [3.05, 3.63) is 47.1 Å². The van der Waals surface area contributed by atoms with E-state index >= 15 is 0 Å². The van der Waals surface area contributed by atoms with Gasteiger partial charge >= 0.3 is 17.9 Å². The van der Waals surface area contributed by atoms with E-state index in [-0.39, 0.29) is 12.2 Å². The maximum Gasteiger partial charge on any atom is 0.334 e. The molecule has 30 heavy (non-hydrogen) atoms. The van der Waals surface area contributed by atoms with E-state index in [1.54, 1.807) is 32.1 Å². The third-order valence-corrected chi connectivity index (χ3v) is 5.23. The van der Waals surface area contributed by atoms with Gasteiger partial charge in [0.15, 0.2) is 12.2 Å². The molecule has 0 radical (unpaired) electrons. The van der Waals surface area contributed by atoms with Crippen LogP contribution in [0.2, 0.25) is 0 Å². The van der Waals surface area contributed by atoms with Crippen LogP contribution < -0.4 is 0 Å². The quantitative estimate of drug-likeness (QED) is 0.297. The van der Waals surface area contributed by atoms with Crippen molar-refractivity contribution >= 4 is 17.9 Å². The highest BCUT2D eigenvalue weighted by Gasteiger charge is 2.49. The molecule has 0 saturated carbocycles. The highest BCUT2D eigenvalue weighted by atomic mass is 16.6. The Kier molecular flexibility index (Phi) is 8.14. The van der Waals surface area contributed by atoms with Gasteiger partial charge in [-0.2, -0.15) is 0 Å². The molecule has 1 aliphatic heterocycles. The van der Waals surface area contributed by atoms with Crippen LogP contribution in [0.15, 0.2) is 47.1 Å². The summed E-state index contributed by atoms with van der Waals surface area (Å²) in [6, 6.07) is 0. The standard InChI is InChI=1S/C22H28O8/c1-5-12(2)21(26)30-20-18-13(3)22(27)29-17(18)9-15(10-23)7-6-8-16(11-24)19(20)28-14(4)25/h5,8-9,17-20,23-24H,3,6-7,10-11H2,1-2,4H3/b12-5-,15-9+,16-8-/t17-,18+,19?,20+/m1/s1. The zero-order valence-electron chi connectivity index (χ0n) is 17.4. The van der Waals surface area contributed by atoms with Gasteiger partial charge in [0.05, 0.1) is 19.1 Å². The Morgan fingerprint density at radius 1 is 1.27 bits per heavy atom. The largest absolute Gasteiger partial charge is 0.454 e. The summed E-state index contributed by atoms with van der Waals surface area (Å²) >= 11 is 0. The van der Waals surface area contributed by atoms with Gasteiger partial charge in [-0.25, -0.2) is 9.59 Å². The summed E-state index contributed by atoms with van der Waals surface area (Å²) in [5.74, 6) is -2.84. The smallest absolute Gasteiger partial charge is 0.334 e. The molecule has 2 rings (SSSR count). The number of esters is 3. The van der Waals surface area contributed by atoms with Crippen LogP contribution >= 0.6 is 0 Å². The Balaban J connectivity index is 2.64. The molecular weight excluding hydrogens is 392 g/mol. The average molecular weight is 420 g/mol. The molecule has 0 amide bonds. The van der Waals surface area contributed by atoms with Crippen LogP contribution in [0.3, 0.4) is 0 Å². The predicted molar refractivity (Wildman–Crippen MR) is 107 cm³/mol. The molecule has 0 aromatic heterocycles. The summed E-state index contributed by atoms with van der Waals surface area (Å²) in [7, 11) is 0. The van der Waals surface area contributed by atoms with Gasteiger partial charge < -0.3 is 24.4 Å². The molecule has 8 nitrogen and oxygen atoms in total. The van der Waals surface area contributed by atoms with Gasteiger partial charge in [-0.3, -0.25) is 4.79 Å². The van der Waals surface area contributed by atoms with Crippen LogP contribution in [0.25, 0.3) is 0 Å². The Labute approximate surface area is 175 Å². The first-order valence-corrected chi connectivity index (χ1v) is 9.74. The minimum Gasteiger partial charge on any atom is -0.454 e. The molecule has 1 heterocycles. The van der Waals surface area contributed by atoms with Gasteiger partial charge in [-0.15, -0.1) is 0 Å². The monoisotopic (exact) mass is 420 g/mol. The van der Waals surface area contributed by atoms with E-state index in [0.717, 1.165) is 0 Å². The Morgan fingerprint density at radius 2 is 1.97 bits per heavy atom. The summed E-state index contributed by atoms with van der Waals surface area (Å²) in [5, 5.41) is 19.6. The van der Waals surface area contributed by atoms with E-state index in [1.165, 1.54) is 6.92 Å². The number of fused-ring (bicyclic) bond motifs is 1. The van der Waals surface area contributed by atoms with Crippen molar-refractivity contribution in [1.29, 1.82) is 0 Å². The predicted octanol–water partition coefficient (Wildman–Crippen LogP) is 1.53. The van der Waals surface area contributed by atoms with Crippen LogP contribution in [0.4, 0.5) is 0 Å². The van der Waals surface area contributed by atoms with Crippen molar-refractivity contribution < 1.29 is 38.8 Å². The summed E-state index contributed by atoms with van der Waals surface area (Å²) in [5.41, 5.74) is 1.33. The minimum atomic E-state index is -1.17. The second-order valence-corrected chi connectivity index (χ2v) is 7.25. The highest BCUT2D eigenvalue weighted by Crippen LogP contribution is 2.37. The summed E-state index contributed by atoms with van der Waals surface area (Å²) in [6.45, 7) is 7.54. The van der Waals surface area contributed by atoms with E-state index < -0.39 is 48.7 Å². The maximum atomic E-state index is 12.6. The van der Waals surface area contributed by atoms with Gasteiger partial charge in [0.25, 0.3) is 0 Å². The molecule has 8 heteroatoms. The van der Waals surface area contributed by atoms with Crippen LogP contribution in [0, 0.1) is 5.92 Å². The fourth-order valence-electron chi connectivity index (χ4n) is 3.48. The fourth-order valence-corrected chi connectivity index (χ4v) is 3.48. The maximum absolute atomic E-state index is 12.6. The van der Waals surface area contributed by atoms with Gasteiger partial charge in [0, 0.05) is 18.1 Å². The Morgan fingerprint density at radius 3 is 2.53 bits per heavy atom. The summed E-state index contributed by atoms with van der Waals surface area (Å²) in [6.07, 6.45) is 2.57. The summed E-state index contributed by atoms with van der Waals surface area (Å²) in [4.78, 5) is 36.7. The third kappa shape index (κ3) is 5.25. The first kappa shape index (κ1) is 23.6. The van der Waals surface area contributed by atoms with Crippen molar-refractivity contribution in [2.24, 2.45) is 5.92 Å². The molecule has 0 spiro atoms. The zero-order chi connectivity index (χ0) is 22.4. The third-order valence-electron chi connectivity index (χ3n) is 5.23. The number of hydrogen-bond acceptors (Lipinski definition) is 8. The second kappa shape index (κ2) is 10.4. The molecule has 1 fully saturated rings. The fraction of sp³-hybridized carbons (Fsp3) is 0.500. The number of ether oxygens (including phenoxy) is 3. The lowest BCUT2D eigenvalue weighted by Crippen LogP contribution is -2.45. The van der Waals surface area contributed by atoms with Gasteiger partial charge in [0.1, 0.15) is 6.10 Å². The van der Waals surface area contributed by atoms with E-state index in [9.17, 15) is 24.6 Å². The molecule has 1 saturated heterocycles. The van der Waals surface area contributed by atoms with Crippen molar-refractivity contribution in [1.82, 2.24) is 0 Å². The van der Waals surface area contributed by atoms with Crippen molar-refractivity contribution in [2.45, 2.75) is 51.9 Å². The van der Waals surface area contributed by atoms with E-state index in [1.807, 2.05) is 0 Å². The highest BCUT2D eigenvalue weighted by molar-refractivity contribution is 5.92. The van der Waals surface area contributed by atoms with Crippen LogP contribution in [0.5, 0.6) is 0 Å². The van der Waals surface area contributed by atoms with Crippen molar-refractivity contribution in [3.8, 4) is 0 Å². The molecule has 4 atom stereocenters. The zero-order valence-corrected chi connectivity index (χ0v) is 17.4. The molecule has 0 aromatic carbocycles. The van der Waals surface area contributed by atoms with Crippen LogP contribution in [-0.2, 0) is 28.6 Å². The first-order valence-electron chi connectivity index (χ1n) is 9.74. The number of hydrogen-bond donors (Lipinski definition) is 2. The number of aliphatic hydroxyl groups is 2.